The summed E-state index contributed by atoms with van der Waals surface area (Å²) < 4.78 is 0.880. The average molecular weight is 338 g/mol. The van der Waals surface area contributed by atoms with Crippen LogP contribution in [0.4, 0.5) is 11.4 Å². The maximum absolute atomic E-state index is 12.0. The van der Waals surface area contributed by atoms with E-state index in [1.165, 1.54) is 0 Å². The number of benzene rings is 2. The number of halogens is 1. The minimum Gasteiger partial charge on any atom is -0.399 e. The van der Waals surface area contributed by atoms with Gasteiger partial charge in [0, 0.05) is 14.9 Å². The number of nitrogen functional groups attached to an aromatic ring is 1. The van der Waals surface area contributed by atoms with Gasteiger partial charge in [0.2, 0.25) is 0 Å². The third-order valence-corrected chi connectivity index (χ3v) is 3.21. The third kappa shape index (κ3) is 2.97. The molecular formula is C13H11IN2O. The summed E-state index contributed by atoms with van der Waals surface area (Å²) in [5.41, 5.74) is 7.63. The van der Waals surface area contributed by atoms with E-state index >= 15 is 0 Å². The third-order valence-electron chi connectivity index (χ3n) is 2.27. The second-order valence-corrected chi connectivity index (χ2v) is 4.72. The number of rotatable bonds is 2. The largest absolute Gasteiger partial charge is 0.399 e. The number of carbonyl (C=O) groups is 1. The molecule has 3 N–H and O–H groups in total. The Labute approximate surface area is 113 Å². The molecule has 0 saturated carbocycles. The van der Waals surface area contributed by atoms with Crippen molar-refractivity contribution in [1.29, 1.82) is 0 Å². The molecule has 4 heteroatoms. The molecule has 0 saturated heterocycles. The van der Waals surface area contributed by atoms with Crippen molar-refractivity contribution in [2.75, 3.05) is 11.1 Å². The van der Waals surface area contributed by atoms with Crippen molar-refractivity contribution < 1.29 is 4.79 Å². The van der Waals surface area contributed by atoms with Gasteiger partial charge in [0.1, 0.15) is 0 Å². The SMILES string of the molecule is Nc1ccc(I)c(C(=O)Nc2ccccc2)c1. The molecule has 0 aliphatic heterocycles. The van der Waals surface area contributed by atoms with Crippen LogP contribution >= 0.6 is 22.6 Å². The normalized spacial score (nSPS) is 9.94. The fourth-order valence-electron chi connectivity index (χ4n) is 1.44. The zero-order chi connectivity index (χ0) is 12.3. The molecule has 2 aromatic carbocycles. The number of hydrogen-bond acceptors (Lipinski definition) is 2. The summed E-state index contributed by atoms with van der Waals surface area (Å²) in [5.74, 6) is -0.145. The zero-order valence-electron chi connectivity index (χ0n) is 8.98. The molecular weight excluding hydrogens is 327 g/mol. The van der Waals surface area contributed by atoms with Gasteiger partial charge in [-0.25, -0.2) is 0 Å². The first-order valence-corrected chi connectivity index (χ1v) is 6.16. The smallest absolute Gasteiger partial charge is 0.256 e. The van der Waals surface area contributed by atoms with Crippen molar-refractivity contribution in [1.82, 2.24) is 0 Å². The predicted octanol–water partition coefficient (Wildman–Crippen LogP) is 3.13. The van der Waals surface area contributed by atoms with Crippen LogP contribution in [0.2, 0.25) is 0 Å². The van der Waals surface area contributed by atoms with Gasteiger partial charge in [-0.2, -0.15) is 0 Å². The van der Waals surface area contributed by atoms with Gasteiger partial charge in [-0.3, -0.25) is 4.79 Å². The standard InChI is InChI=1S/C13H11IN2O/c14-12-7-6-9(15)8-11(12)13(17)16-10-4-2-1-3-5-10/h1-8H,15H2,(H,16,17). The number of carbonyl (C=O) groups excluding carboxylic acids is 1. The highest BCUT2D eigenvalue weighted by atomic mass is 127. The lowest BCUT2D eigenvalue weighted by molar-refractivity contribution is 0.102. The molecule has 0 heterocycles. The van der Waals surface area contributed by atoms with Gasteiger partial charge in [-0.05, 0) is 52.9 Å². The monoisotopic (exact) mass is 338 g/mol. The Balaban J connectivity index is 2.23. The molecule has 0 unspecified atom stereocenters. The topological polar surface area (TPSA) is 55.1 Å². The first-order chi connectivity index (χ1) is 8.16. The highest BCUT2D eigenvalue weighted by molar-refractivity contribution is 14.1. The summed E-state index contributed by atoms with van der Waals surface area (Å²) in [6, 6.07) is 14.6. The minimum absolute atomic E-state index is 0.145. The molecule has 86 valence electrons. The molecule has 17 heavy (non-hydrogen) atoms. The quantitative estimate of drug-likeness (QED) is 0.653. The van der Waals surface area contributed by atoms with E-state index in [1.54, 1.807) is 12.1 Å². The molecule has 2 rings (SSSR count). The molecule has 0 bridgehead atoms. The van der Waals surface area contributed by atoms with Crippen LogP contribution in [0.25, 0.3) is 0 Å². The van der Waals surface area contributed by atoms with Crippen molar-refractivity contribution in [3.63, 3.8) is 0 Å². The Bertz CT molecular complexity index is 540. The van der Waals surface area contributed by atoms with E-state index in [1.807, 2.05) is 36.4 Å². The van der Waals surface area contributed by atoms with Crippen LogP contribution in [0.15, 0.2) is 48.5 Å². The Morgan fingerprint density at radius 1 is 1.12 bits per heavy atom. The number of hydrogen-bond donors (Lipinski definition) is 2. The highest BCUT2D eigenvalue weighted by Crippen LogP contribution is 2.17. The molecule has 0 fully saturated rings. The van der Waals surface area contributed by atoms with Gasteiger partial charge in [0.25, 0.3) is 5.91 Å². The highest BCUT2D eigenvalue weighted by Gasteiger charge is 2.10. The second-order valence-electron chi connectivity index (χ2n) is 3.56. The van der Waals surface area contributed by atoms with Crippen molar-refractivity contribution in [2.24, 2.45) is 0 Å². The lowest BCUT2D eigenvalue weighted by Crippen LogP contribution is -2.13. The van der Waals surface area contributed by atoms with Gasteiger partial charge >= 0.3 is 0 Å². The van der Waals surface area contributed by atoms with Crippen LogP contribution in [-0.4, -0.2) is 5.91 Å². The Kier molecular flexibility index (Phi) is 3.63. The van der Waals surface area contributed by atoms with E-state index in [2.05, 4.69) is 27.9 Å². The van der Waals surface area contributed by atoms with Crippen molar-refractivity contribution >= 4 is 39.9 Å². The van der Waals surface area contributed by atoms with E-state index in [-0.39, 0.29) is 5.91 Å². The van der Waals surface area contributed by atoms with Crippen LogP contribution in [0.3, 0.4) is 0 Å². The maximum atomic E-state index is 12.0. The fraction of sp³-hybridized carbons (Fsp3) is 0. The van der Waals surface area contributed by atoms with E-state index < -0.39 is 0 Å². The van der Waals surface area contributed by atoms with E-state index in [9.17, 15) is 4.79 Å². The first-order valence-electron chi connectivity index (χ1n) is 5.08. The van der Waals surface area contributed by atoms with Crippen molar-refractivity contribution in [3.8, 4) is 0 Å². The maximum Gasteiger partial charge on any atom is 0.256 e. The Morgan fingerprint density at radius 3 is 2.53 bits per heavy atom. The van der Waals surface area contributed by atoms with Gasteiger partial charge < -0.3 is 11.1 Å². The van der Waals surface area contributed by atoms with Gasteiger partial charge in [-0.15, -0.1) is 0 Å². The fourth-order valence-corrected chi connectivity index (χ4v) is 2.02. The molecule has 0 atom stereocenters. The average Bonchev–Trinajstić information content (AvgIpc) is 2.33. The Hall–Kier alpha value is -1.56. The molecule has 2 aromatic rings. The van der Waals surface area contributed by atoms with E-state index in [4.69, 9.17) is 5.73 Å². The Morgan fingerprint density at radius 2 is 1.82 bits per heavy atom. The molecule has 3 nitrogen and oxygen atoms in total. The van der Waals surface area contributed by atoms with Crippen molar-refractivity contribution in [3.05, 3.63) is 57.7 Å². The minimum atomic E-state index is -0.145. The van der Waals surface area contributed by atoms with Crippen LogP contribution in [-0.2, 0) is 0 Å². The van der Waals surface area contributed by atoms with Crippen LogP contribution in [0.1, 0.15) is 10.4 Å². The summed E-state index contributed by atoms with van der Waals surface area (Å²) in [6.45, 7) is 0. The van der Waals surface area contributed by atoms with Gasteiger partial charge in [-0.1, -0.05) is 18.2 Å². The molecule has 0 aliphatic rings. The van der Waals surface area contributed by atoms with Crippen molar-refractivity contribution in [2.45, 2.75) is 0 Å². The van der Waals surface area contributed by atoms with Crippen LogP contribution in [0, 0.1) is 3.57 Å². The molecule has 0 radical (unpaired) electrons. The predicted molar refractivity (Wildman–Crippen MR) is 78.0 cm³/mol. The molecule has 0 aromatic heterocycles. The number of para-hydroxylation sites is 1. The van der Waals surface area contributed by atoms with Gasteiger partial charge in [0.05, 0.1) is 5.56 Å². The summed E-state index contributed by atoms with van der Waals surface area (Å²) >= 11 is 2.12. The van der Waals surface area contributed by atoms with Crippen LogP contribution < -0.4 is 11.1 Å². The summed E-state index contributed by atoms with van der Waals surface area (Å²) in [4.78, 5) is 12.0. The van der Waals surface area contributed by atoms with E-state index in [0.717, 1.165) is 9.26 Å². The van der Waals surface area contributed by atoms with E-state index in [0.29, 0.717) is 11.3 Å². The summed E-state index contributed by atoms with van der Waals surface area (Å²) in [5, 5.41) is 2.83. The van der Waals surface area contributed by atoms with Crippen LogP contribution in [0.5, 0.6) is 0 Å². The molecule has 0 aliphatic carbocycles. The number of nitrogens with two attached hydrogens (primary N) is 1. The lowest BCUT2D eigenvalue weighted by Gasteiger charge is -2.07. The molecule has 1 amide bonds. The first kappa shape index (κ1) is 11.9. The zero-order valence-corrected chi connectivity index (χ0v) is 11.1. The summed E-state index contributed by atoms with van der Waals surface area (Å²) in [7, 11) is 0. The van der Waals surface area contributed by atoms with Gasteiger partial charge in [0.15, 0.2) is 0 Å². The second kappa shape index (κ2) is 5.18. The summed E-state index contributed by atoms with van der Waals surface area (Å²) in [6.07, 6.45) is 0. The number of amides is 1. The molecule has 0 spiro atoms. The lowest BCUT2D eigenvalue weighted by atomic mass is 10.2. The number of anilines is 2. The number of nitrogens with one attached hydrogen (secondary N) is 1.